The van der Waals surface area contributed by atoms with Crippen LogP contribution < -0.4 is 4.90 Å². The number of carboxylic acids is 1. The van der Waals surface area contributed by atoms with E-state index >= 15 is 0 Å². The number of ether oxygens (including phenoxy) is 2. The smallest absolute Gasteiger partial charge is 0.337 e. The minimum atomic E-state index is -1.20. The van der Waals surface area contributed by atoms with Gasteiger partial charge in [0.2, 0.25) is 5.95 Å². The van der Waals surface area contributed by atoms with E-state index in [1.807, 2.05) is 64.4 Å². The van der Waals surface area contributed by atoms with Crippen molar-refractivity contribution in [2.45, 2.75) is 59.3 Å². The van der Waals surface area contributed by atoms with Crippen molar-refractivity contribution in [1.29, 1.82) is 0 Å². The van der Waals surface area contributed by atoms with Crippen LogP contribution in [0.4, 0.5) is 11.6 Å². The van der Waals surface area contributed by atoms with Gasteiger partial charge in [-0.25, -0.2) is 14.8 Å². The zero-order valence-corrected chi connectivity index (χ0v) is 25.3. The van der Waals surface area contributed by atoms with E-state index in [-0.39, 0.29) is 0 Å². The Morgan fingerprint density at radius 2 is 1.81 bits per heavy atom. The van der Waals surface area contributed by atoms with Crippen molar-refractivity contribution in [2.24, 2.45) is 0 Å². The summed E-state index contributed by atoms with van der Waals surface area (Å²) >= 11 is 6.27. The molecule has 6 rings (SSSR count). The average molecular weight is 587 g/mol. The van der Waals surface area contributed by atoms with Gasteiger partial charge in [0.25, 0.3) is 0 Å². The van der Waals surface area contributed by atoms with E-state index in [1.54, 1.807) is 0 Å². The summed E-state index contributed by atoms with van der Waals surface area (Å²) in [6.45, 7) is 12.4. The Morgan fingerprint density at radius 3 is 2.43 bits per heavy atom. The molecular formula is C33H35ClN4O4. The van der Waals surface area contributed by atoms with Gasteiger partial charge in [-0.2, -0.15) is 0 Å². The monoisotopic (exact) mass is 586 g/mol. The third-order valence-electron chi connectivity index (χ3n) is 7.95. The van der Waals surface area contributed by atoms with E-state index < -0.39 is 17.7 Å². The van der Waals surface area contributed by atoms with Crippen LogP contribution in [0.1, 0.15) is 55.7 Å². The maximum absolute atomic E-state index is 12.9. The van der Waals surface area contributed by atoms with E-state index in [9.17, 15) is 9.90 Å². The van der Waals surface area contributed by atoms with Gasteiger partial charge in [-0.05, 0) is 81.5 Å². The molecule has 0 aliphatic carbocycles. The minimum absolute atomic E-state index is 0.578. The Bertz CT molecular complexity index is 1700. The predicted octanol–water partition coefficient (Wildman–Crippen LogP) is 7.26. The summed E-state index contributed by atoms with van der Waals surface area (Å²) in [7, 11) is 0. The molecule has 1 N–H and O–H groups in total. The summed E-state index contributed by atoms with van der Waals surface area (Å²) in [5.41, 5.74) is 7.68. The molecule has 2 aliphatic rings. The molecule has 2 aromatic heterocycles. The summed E-state index contributed by atoms with van der Waals surface area (Å²) in [6.07, 6.45) is 5.45. The summed E-state index contributed by atoms with van der Waals surface area (Å²) in [4.78, 5) is 24.7. The summed E-state index contributed by atoms with van der Waals surface area (Å²) in [5.74, 6) is -0.464. The largest absolute Gasteiger partial charge is 0.479 e. The van der Waals surface area contributed by atoms with Crippen LogP contribution in [-0.2, 0) is 20.8 Å². The van der Waals surface area contributed by atoms with E-state index in [4.69, 9.17) is 31.0 Å². The molecule has 0 saturated carbocycles. The number of aliphatic carboxylic acids is 1. The molecule has 0 radical (unpaired) electrons. The van der Waals surface area contributed by atoms with Crippen molar-refractivity contribution in [3.05, 3.63) is 76.2 Å². The lowest BCUT2D eigenvalue weighted by Crippen LogP contribution is -2.32. The van der Waals surface area contributed by atoms with Crippen molar-refractivity contribution in [2.75, 3.05) is 24.7 Å². The Balaban J connectivity index is 1.61. The van der Waals surface area contributed by atoms with Gasteiger partial charge in [-0.15, -0.1) is 0 Å². The highest BCUT2D eigenvalue weighted by atomic mass is 35.5. The first-order valence-corrected chi connectivity index (χ1v) is 14.6. The van der Waals surface area contributed by atoms with Crippen molar-refractivity contribution in [1.82, 2.24) is 14.5 Å². The van der Waals surface area contributed by atoms with E-state index in [1.165, 1.54) is 5.57 Å². The van der Waals surface area contributed by atoms with Crippen molar-refractivity contribution >= 4 is 45.7 Å². The SMILES string of the molecule is Cc1c([C@H](OC(C)(C)C)C(=O)O)c(-c2ccc(Cl)cc2)c2cc(C)n3c2c1N(c1ncc(C2=CCOCC2)cn1)CC3. The zero-order chi connectivity index (χ0) is 29.8. The van der Waals surface area contributed by atoms with Gasteiger partial charge in [0.15, 0.2) is 6.10 Å². The Hall–Kier alpha value is -3.72. The highest BCUT2D eigenvalue weighted by molar-refractivity contribution is 6.30. The first-order valence-electron chi connectivity index (χ1n) is 14.2. The number of benzene rings is 2. The van der Waals surface area contributed by atoms with Crippen molar-refractivity contribution in [3.8, 4) is 11.1 Å². The standard InChI is InChI=1S/C33H35ClN4O4/c1-19-16-25-27(22-6-8-24(34)9-7-22)26(30(31(39)40)42-33(3,4)5)20(2)28-29(25)37(19)12-13-38(28)32-35-17-23(18-36-32)21-10-14-41-15-11-21/h6-10,16-18,30H,11-15H2,1-5H3,(H,39,40)/t30-/m0/s1. The summed E-state index contributed by atoms with van der Waals surface area (Å²) in [5, 5.41) is 12.1. The van der Waals surface area contributed by atoms with Gasteiger partial charge in [0.1, 0.15) is 0 Å². The Labute approximate surface area is 250 Å². The highest BCUT2D eigenvalue weighted by Crippen LogP contribution is 2.49. The number of carbonyl (C=O) groups is 1. The zero-order valence-electron chi connectivity index (χ0n) is 24.6. The van der Waals surface area contributed by atoms with Crippen LogP contribution in [0.5, 0.6) is 0 Å². The fraction of sp³-hybridized carbons (Fsp3) is 0.364. The van der Waals surface area contributed by atoms with Gasteiger partial charge < -0.3 is 24.0 Å². The number of anilines is 2. The lowest BCUT2D eigenvalue weighted by molar-refractivity contribution is -0.160. The van der Waals surface area contributed by atoms with E-state index in [2.05, 4.69) is 28.5 Å². The van der Waals surface area contributed by atoms with Gasteiger partial charge in [0.05, 0.1) is 30.0 Å². The molecule has 0 saturated heterocycles. The predicted molar refractivity (Wildman–Crippen MR) is 166 cm³/mol. The van der Waals surface area contributed by atoms with Crippen molar-refractivity contribution in [3.63, 3.8) is 0 Å². The second-order valence-corrected chi connectivity index (χ2v) is 12.3. The summed E-state index contributed by atoms with van der Waals surface area (Å²) in [6, 6.07) is 9.70. The second kappa shape index (κ2) is 10.8. The van der Waals surface area contributed by atoms with Gasteiger partial charge in [-0.3, -0.25) is 0 Å². The van der Waals surface area contributed by atoms with E-state index in [0.29, 0.717) is 36.3 Å². The maximum atomic E-state index is 12.9. The van der Waals surface area contributed by atoms with Crippen molar-refractivity contribution < 1.29 is 19.4 Å². The molecule has 4 heterocycles. The van der Waals surface area contributed by atoms with Gasteiger partial charge >= 0.3 is 5.97 Å². The normalized spacial score (nSPS) is 16.0. The fourth-order valence-corrected chi connectivity index (χ4v) is 6.27. The van der Waals surface area contributed by atoms with Crippen LogP contribution >= 0.6 is 11.6 Å². The number of aromatic nitrogens is 3. The van der Waals surface area contributed by atoms with Crippen LogP contribution in [0.2, 0.25) is 5.02 Å². The first-order chi connectivity index (χ1) is 20.0. The molecular weight excluding hydrogens is 552 g/mol. The quantitative estimate of drug-likeness (QED) is 0.254. The number of hydrogen-bond acceptors (Lipinski definition) is 6. The minimum Gasteiger partial charge on any atom is -0.479 e. The number of halogens is 1. The van der Waals surface area contributed by atoms with Gasteiger partial charge in [0, 0.05) is 52.7 Å². The lowest BCUT2D eigenvalue weighted by Gasteiger charge is -2.35. The maximum Gasteiger partial charge on any atom is 0.337 e. The molecule has 0 bridgehead atoms. The molecule has 1 atom stereocenters. The third kappa shape index (κ3) is 5.08. The molecule has 4 aromatic rings. The number of carboxylic acid groups (broad SMARTS) is 1. The molecule has 218 valence electrons. The van der Waals surface area contributed by atoms with E-state index in [0.717, 1.165) is 57.5 Å². The number of aryl methyl sites for hydroxylation is 1. The van der Waals surface area contributed by atoms with Crippen LogP contribution in [-0.4, -0.2) is 51.0 Å². The molecule has 0 fully saturated rings. The molecule has 9 heteroatoms. The summed E-state index contributed by atoms with van der Waals surface area (Å²) < 4.78 is 14.0. The highest BCUT2D eigenvalue weighted by Gasteiger charge is 2.36. The Kier molecular flexibility index (Phi) is 7.33. The first kappa shape index (κ1) is 28.4. The fourth-order valence-electron chi connectivity index (χ4n) is 6.15. The average Bonchev–Trinajstić information content (AvgIpc) is 3.30. The van der Waals surface area contributed by atoms with Crippen LogP contribution in [0, 0.1) is 13.8 Å². The second-order valence-electron chi connectivity index (χ2n) is 11.9. The van der Waals surface area contributed by atoms with Crippen LogP contribution in [0.3, 0.4) is 0 Å². The lowest BCUT2D eigenvalue weighted by atomic mass is 9.87. The molecule has 0 spiro atoms. The third-order valence-corrected chi connectivity index (χ3v) is 8.20. The molecule has 42 heavy (non-hydrogen) atoms. The van der Waals surface area contributed by atoms with Crippen LogP contribution in [0.25, 0.3) is 27.6 Å². The number of hydrogen-bond donors (Lipinski definition) is 1. The van der Waals surface area contributed by atoms with Gasteiger partial charge in [-0.1, -0.05) is 29.8 Å². The van der Waals surface area contributed by atoms with Crippen LogP contribution in [0.15, 0.2) is 48.8 Å². The molecule has 2 aliphatic heterocycles. The molecule has 8 nitrogen and oxygen atoms in total. The Morgan fingerprint density at radius 1 is 1.10 bits per heavy atom. The topological polar surface area (TPSA) is 89.7 Å². The molecule has 0 amide bonds. The number of nitrogens with zero attached hydrogens (tertiary/aromatic N) is 4. The number of rotatable bonds is 6. The molecule has 0 unspecified atom stereocenters. The molecule has 2 aromatic carbocycles.